The van der Waals surface area contributed by atoms with E-state index in [9.17, 15) is 18.4 Å². The number of alkyl carbamates (subject to hydrolysis) is 1. The smallest absolute Gasteiger partial charge is 0.412 e. The van der Waals surface area contributed by atoms with Crippen LogP contribution in [-0.2, 0) is 16.1 Å². The van der Waals surface area contributed by atoms with E-state index in [4.69, 9.17) is 9.84 Å². The van der Waals surface area contributed by atoms with Gasteiger partial charge in [-0.3, -0.25) is 5.32 Å². The molecule has 0 fully saturated rings. The summed E-state index contributed by atoms with van der Waals surface area (Å²) in [6.45, 7) is -0.0616. The van der Waals surface area contributed by atoms with Crippen LogP contribution in [0.25, 0.3) is 6.08 Å². The minimum atomic E-state index is -1.52. The normalized spacial score (nSPS) is 11.0. The van der Waals surface area contributed by atoms with Crippen LogP contribution in [0, 0.1) is 11.6 Å². The standard InChI is InChI=1S/C17H13F2NO4/c18-13-6-7-14(19)12(8-13)9-15(16(21)22)20-17(23)24-10-11-4-2-1-3-5-11/h1-9H,10H2,(H,20,23)(H,21,22)/b15-9-. The highest BCUT2D eigenvalue weighted by atomic mass is 19.1. The number of rotatable bonds is 5. The molecule has 124 valence electrons. The van der Waals surface area contributed by atoms with Crippen LogP contribution in [0.3, 0.4) is 0 Å². The number of carboxylic acid groups (broad SMARTS) is 1. The molecule has 0 aromatic heterocycles. The van der Waals surface area contributed by atoms with Gasteiger partial charge in [0.15, 0.2) is 0 Å². The van der Waals surface area contributed by atoms with Crippen molar-refractivity contribution >= 4 is 18.1 Å². The molecule has 0 spiro atoms. The third-order valence-electron chi connectivity index (χ3n) is 2.94. The summed E-state index contributed by atoms with van der Waals surface area (Å²) in [7, 11) is 0. The number of halogens is 2. The maximum atomic E-state index is 13.6. The van der Waals surface area contributed by atoms with Gasteiger partial charge in [0, 0.05) is 5.56 Å². The van der Waals surface area contributed by atoms with E-state index in [-0.39, 0.29) is 12.2 Å². The van der Waals surface area contributed by atoms with Gasteiger partial charge < -0.3 is 9.84 Å². The molecule has 0 aliphatic rings. The average Bonchev–Trinajstić information content (AvgIpc) is 2.56. The first kappa shape index (κ1) is 17.1. The molecule has 0 bridgehead atoms. The zero-order valence-corrected chi connectivity index (χ0v) is 12.3. The van der Waals surface area contributed by atoms with Gasteiger partial charge in [-0.25, -0.2) is 18.4 Å². The summed E-state index contributed by atoms with van der Waals surface area (Å²) in [5, 5.41) is 11.1. The molecule has 5 nitrogen and oxygen atoms in total. The maximum Gasteiger partial charge on any atom is 0.412 e. The lowest BCUT2D eigenvalue weighted by Gasteiger charge is -2.08. The maximum absolute atomic E-state index is 13.6. The molecule has 0 heterocycles. The van der Waals surface area contributed by atoms with Crippen LogP contribution in [0.5, 0.6) is 0 Å². The van der Waals surface area contributed by atoms with Crippen LogP contribution < -0.4 is 5.32 Å². The zero-order valence-electron chi connectivity index (χ0n) is 12.3. The van der Waals surface area contributed by atoms with Gasteiger partial charge in [-0.2, -0.15) is 0 Å². The Balaban J connectivity index is 2.08. The highest BCUT2D eigenvalue weighted by molar-refractivity contribution is 5.95. The number of carboxylic acids is 1. The van der Waals surface area contributed by atoms with Crippen molar-refractivity contribution in [3.63, 3.8) is 0 Å². The number of nitrogens with one attached hydrogen (secondary N) is 1. The molecule has 24 heavy (non-hydrogen) atoms. The molecule has 0 aliphatic carbocycles. The molecule has 0 atom stereocenters. The van der Waals surface area contributed by atoms with Crippen molar-refractivity contribution in [3.8, 4) is 0 Å². The zero-order chi connectivity index (χ0) is 17.5. The Labute approximate surface area is 136 Å². The highest BCUT2D eigenvalue weighted by Crippen LogP contribution is 2.13. The molecule has 2 aromatic carbocycles. The molecule has 0 radical (unpaired) electrons. The molecular formula is C17H13F2NO4. The number of ether oxygens (including phenoxy) is 1. The van der Waals surface area contributed by atoms with Crippen molar-refractivity contribution in [3.05, 3.63) is 77.0 Å². The van der Waals surface area contributed by atoms with Crippen LogP contribution >= 0.6 is 0 Å². The fourth-order valence-electron chi connectivity index (χ4n) is 1.80. The number of carbonyl (C=O) groups excluding carboxylic acids is 1. The first-order chi connectivity index (χ1) is 11.5. The number of aliphatic carboxylic acids is 1. The van der Waals surface area contributed by atoms with E-state index in [2.05, 4.69) is 0 Å². The second-order valence-electron chi connectivity index (χ2n) is 4.72. The minimum Gasteiger partial charge on any atom is -0.477 e. The predicted octanol–water partition coefficient (Wildman–Crippen LogP) is 3.32. The van der Waals surface area contributed by atoms with Crippen molar-refractivity contribution in [2.45, 2.75) is 6.61 Å². The SMILES string of the molecule is O=C(N/C(=C\c1cc(F)ccc1F)C(=O)O)OCc1ccccc1. The first-order valence-electron chi connectivity index (χ1n) is 6.83. The summed E-state index contributed by atoms with van der Waals surface area (Å²) >= 11 is 0. The van der Waals surface area contributed by atoms with Gasteiger partial charge in [-0.15, -0.1) is 0 Å². The van der Waals surface area contributed by atoms with Gasteiger partial charge in [0.05, 0.1) is 0 Å². The lowest BCUT2D eigenvalue weighted by molar-refractivity contribution is -0.132. The fourth-order valence-corrected chi connectivity index (χ4v) is 1.80. The number of carbonyl (C=O) groups is 2. The van der Waals surface area contributed by atoms with Crippen molar-refractivity contribution in [2.24, 2.45) is 0 Å². The van der Waals surface area contributed by atoms with Crippen LogP contribution in [0.1, 0.15) is 11.1 Å². The van der Waals surface area contributed by atoms with E-state index >= 15 is 0 Å². The highest BCUT2D eigenvalue weighted by Gasteiger charge is 2.14. The minimum absolute atomic E-state index is 0.0616. The van der Waals surface area contributed by atoms with Gasteiger partial charge >= 0.3 is 12.1 Å². The van der Waals surface area contributed by atoms with Gasteiger partial charge in [0.25, 0.3) is 0 Å². The Kier molecular flexibility index (Phi) is 5.62. The number of hydrogen-bond acceptors (Lipinski definition) is 3. The summed E-state index contributed by atoms with van der Waals surface area (Å²) in [6, 6.07) is 11.3. The average molecular weight is 333 g/mol. The van der Waals surface area contributed by atoms with E-state index in [0.717, 1.165) is 24.3 Å². The molecule has 1 amide bonds. The summed E-state index contributed by atoms with van der Waals surface area (Å²) in [5.74, 6) is -3.08. The van der Waals surface area contributed by atoms with Crippen molar-refractivity contribution in [1.29, 1.82) is 0 Å². The fraction of sp³-hybridized carbons (Fsp3) is 0.0588. The molecular weight excluding hydrogens is 320 g/mol. The van der Waals surface area contributed by atoms with E-state index in [1.165, 1.54) is 0 Å². The van der Waals surface area contributed by atoms with Crippen LogP contribution in [-0.4, -0.2) is 17.2 Å². The third-order valence-corrected chi connectivity index (χ3v) is 2.94. The summed E-state index contributed by atoms with van der Waals surface area (Å²) in [5.41, 5.74) is -0.238. The molecule has 0 aliphatic heterocycles. The Bertz CT molecular complexity index is 775. The van der Waals surface area contributed by atoms with Crippen molar-refractivity contribution in [1.82, 2.24) is 5.32 Å². The number of amides is 1. The monoisotopic (exact) mass is 333 g/mol. The summed E-state index contributed by atoms with van der Waals surface area (Å²) in [6.07, 6.45) is -0.214. The Hall–Kier alpha value is -3.22. The van der Waals surface area contributed by atoms with Gasteiger partial charge in [0.1, 0.15) is 23.9 Å². The molecule has 0 saturated carbocycles. The Morgan fingerprint density at radius 2 is 1.83 bits per heavy atom. The number of hydrogen-bond donors (Lipinski definition) is 2. The molecule has 0 unspecified atom stereocenters. The van der Waals surface area contributed by atoms with E-state index in [1.807, 2.05) is 5.32 Å². The van der Waals surface area contributed by atoms with Crippen molar-refractivity contribution in [2.75, 3.05) is 0 Å². The van der Waals surface area contributed by atoms with E-state index < -0.39 is 29.4 Å². The quantitative estimate of drug-likeness (QED) is 0.823. The lowest BCUT2D eigenvalue weighted by Crippen LogP contribution is -2.27. The Morgan fingerprint density at radius 1 is 1.12 bits per heavy atom. The van der Waals surface area contributed by atoms with Gasteiger partial charge in [-0.1, -0.05) is 30.3 Å². The lowest BCUT2D eigenvalue weighted by atomic mass is 10.1. The van der Waals surface area contributed by atoms with Gasteiger partial charge in [0.2, 0.25) is 0 Å². The van der Waals surface area contributed by atoms with Crippen LogP contribution in [0.15, 0.2) is 54.2 Å². The molecule has 2 N–H and O–H groups in total. The predicted molar refractivity (Wildman–Crippen MR) is 81.7 cm³/mol. The topological polar surface area (TPSA) is 75.6 Å². The largest absolute Gasteiger partial charge is 0.477 e. The van der Waals surface area contributed by atoms with Gasteiger partial charge in [-0.05, 0) is 29.8 Å². The second kappa shape index (κ2) is 7.87. The molecule has 2 aromatic rings. The van der Waals surface area contributed by atoms with E-state index in [1.54, 1.807) is 30.3 Å². The Morgan fingerprint density at radius 3 is 2.50 bits per heavy atom. The van der Waals surface area contributed by atoms with Crippen molar-refractivity contribution < 1.29 is 28.2 Å². The first-order valence-corrected chi connectivity index (χ1v) is 6.83. The second-order valence-corrected chi connectivity index (χ2v) is 4.72. The summed E-state index contributed by atoms with van der Waals surface area (Å²) in [4.78, 5) is 22.8. The third kappa shape index (κ3) is 4.91. The van der Waals surface area contributed by atoms with Crippen LogP contribution in [0.2, 0.25) is 0 Å². The molecule has 2 rings (SSSR count). The van der Waals surface area contributed by atoms with E-state index in [0.29, 0.717) is 5.56 Å². The molecule has 0 saturated heterocycles. The van der Waals surface area contributed by atoms with Crippen LogP contribution in [0.4, 0.5) is 13.6 Å². The number of benzene rings is 2. The molecule has 7 heteroatoms. The summed E-state index contributed by atoms with van der Waals surface area (Å²) < 4.78 is 31.5.